The first-order valence-corrected chi connectivity index (χ1v) is 7.03. The third-order valence-corrected chi connectivity index (χ3v) is 3.51. The van der Waals surface area contributed by atoms with Gasteiger partial charge in [0.15, 0.2) is 0 Å². The van der Waals surface area contributed by atoms with Crippen molar-refractivity contribution in [2.24, 2.45) is 0 Å². The van der Waals surface area contributed by atoms with Crippen molar-refractivity contribution in [3.8, 4) is 5.75 Å². The summed E-state index contributed by atoms with van der Waals surface area (Å²) in [6.07, 6.45) is 0. The molecule has 0 radical (unpaired) electrons. The van der Waals surface area contributed by atoms with E-state index in [9.17, 15) is 4.79 Å². The Bertz CT molecular complexity index is 824. The van der Waals surface area contributed by atoms with E-state index >= 15 is 0 Å². The van der Waals surface area contributed by atoms with Gasteiger partial charge in [-0.2, -0.15) is 0 Å². The van der Waals surface area contributed by atoms with Crippen molar-refractivity contribution in [3.05, 3.63) is 59.9 Å². The fourth-order valence-corrected chi connectivity index (χ4v) is 2.45. The van der Waals surface area contributed by atoms with Gasteiger partial charge in [0.05, 0.1) is 23.1 Å². The van der Waals surface area contributed by atoms with E-state index in [4.69, 9.17) is 9.84 Å². The topological polar surface area (TPSA) is 64.4 Å². The number of benzene rings is 2. The molecule has 1 aromatic heterocycles. The van der Waals surface area contributed by atoms with Crippen LogP contribution in [0.25, 0.3) is 11.0 Å². The number of fused-ring (bicyclic) bond motifs is 1. The second kappa shape index (κ2) is 5.89. The number of nitrogens with zero attached hydrogens (tertiary/aromatic N) is 2. The first-order chi connectivity index (χ1) is 10.6. The van der Waals surface area contributed by atoms with Crippen LogP contribution < -0.4 is 4.74 Å². The Morgan fingerprint density at radius 1 is 1.23 bits per heavy atom. The van der Waals surface area contributed by atoms with Gasteiger partial charge in [-0.25, -0.2) is 9.78 Å². The van der Waals surface area contributed by atoms with Gasteiger partial charge in [0.25, 0.3) is 0 Å². The van der Waals surface area contributed by atoms with Crippen LogP contribution in [-0.4, -0.2) is 27.2 Å². The van der Waals surface area contributed by atoms with E-state index in [0.29, 0.717) is 18.9 Å². The molecule has 5 heteroatoms. The van der Waals surface area contributed by atoms with Gasteiger partial charge in [0.2, 0.25) is 0 Å². The smallest absolute Gasteiger partial charge is 0.335 e. The molecular formula is C17H16N2O3. The third-order valence-electron chi connectivity index (χ3n) is 3.51. The zero-order valence-corrected chi connectivity index (χ0v) is 12.2. The highest BCUT2D eigenvalue weighted by Gasteiger charge is 2.07. The molecule has 2 aromatic carbocycles. The summed E-state index contributed by atoms with van der Waals surface area (Å²) in [4.78, 5) is 15.4. The highest BCUT2D eigenvalue weighted by Crippen LogP contribution is 2.16. The molecule has 1 heterocycles. The molecule has 0 atom stereocenters. The van der Waals surface area contributed by atoms with E-state index < -0.39 is 5.97 Å². The number of aromatic carboxylic acids is 1. The van der Waals surface area contributed by atoms with Crippen molar-refractivity contribution < 1.29 is 14.6 Å². The average molecular weight is 296 g/mol. The average Bonchev–Trinajstić information content (AvgIpc) is 2.84. The van der Waals surface area contributed by atoms with Gasteiger partial charge in [-0.15, -0.1) is 0 Å². The minimum Gasteiger partial charge on any atom is -0.492 e. The van der Waals surface area contributed by atoms with Crippen molar-refractivity contribution >= 4 is 17.0 Å². The van der Waals surface area contributed by atoms with Gasteiger partial charge in [-0.05, 0) is 37.3 Å². The molecule has 22 heavy (non-hydrogen) atoms. The van der Waals surface area contributed by atoms with Crippen LogP contribution in [0.15, 0.2) is 48.5 Å². The molecule has 0 saturated heterocycles. The molecule has 0 aliphatic heterocycles. The number of ether oxygens (including phenoxy) is 1. The molecule has 1 N–H and O–H groups in total. The lowest BCUT2D eigenvalue weighted by Gasteiger charge is -2.09. The minimum atomic E-state index is -0.957. The number of imidazole rings is 1. The Morgan fingerprint density at radius 3 is 2.86 bits per heavy atom. The van der Waals surface area contributed by atoms with Gasteiger partial charge in [-0.1, -0.05) is 18.2 Å². The largest absolute Gasteiger partial charge is 0.492 e. The van der Waals surface area contributed by atoms with Crippen molar-refractivity contribution in [2.75, 3.05) is 6.61 Å². The SMILES string of the molecule is Cc1nc2ccccc2n1CCOc1cccc(C(=O)O)c1. The van der Waals surface area contributed by atoms with Crippen molar-refractivity contribution in [3.63, 3.8) is 0 Å². The van der Waals surface area contributed by atoms with Crippen LogP contribution >= 0.6 is 0 Å². The maximum atomic E-state index is 10.9. The summed E-state index contributed by atoms with van der Waals surface area (Å²) >= 11 is 0. The van der Waals surface area contributed by atoms with E-state index in [1.54, 1.807) is 18.2 Å². The molecule has 0 bridgehead atoms. The predicted molar refractivity (Wildman–Crippen MR) is 83.4 cm³/mol. The molecule has 0 saturated carbocycles. The number of para-hydroxylation sites is 2. The summed E-state index contributed by atoms with van der Waals surface area (Å²) < 4.78 is 7.76. The number of hydrogen-bond acceptors (Lipinski definition) is 3. The van der Waals surface area contributed by atoms with Crippen LogP contribution in [0.4, 0.5) is 0 Å². The summed E-state index contributed by atoms with van der Waals surface area (Å²) in [5, 5.41) is 8.97. The van der Waals surface area contributed by atoms with Gasteiger partial charge >= 0.3 is 5.97 Å². The first-order valence-electron chi connectivity index (χ1n) is 7.03. The highest BCUT2D eigenvalue weighted by atomic mass is 16.5. The number of carboxylic acids is 1. The van der Waals surface area contributed by atoms with Gasteiger partial charge in [-0.3, -0.25) is 0 Å². The van der Waals surface area contributed by atoms with Crippen LogP contribution in [-0.2, 0) is 6.54 Å². The Balaban J connectivity index is 1.71. The molecule has 0 fully saturated rings. The highest BCUT2D eigenvalue weighted by molar-refractivity contribution is 5.88. The van der Waals surface area contributed by atoms with E-state index in [0.717, 1.165) is 16.9 Å². The van der Waals surface area contributed by atoms with E-state index in [1.807, 2.05) is 31.2 Å². The second-order valence-corrected chi connectivity index (χ2v) is 4.98. The van der Waals surface area contributed by atoms with Crippen LogP contribution in [0.1, 0.15) is 16.2 Å². The number of carbonyl (C=O) groups is 1. The zero-order chi connectivity index (χ0) is 15.5. The van der Waals surface area contributed by atoms with E-state index in [-0.39, 0.29) is 5.56 Å². The molecule has 0 unspecified atom stereocenters. The lowest BCUT2D eigenvalue weighted by molar-refractivity contribution is 0.0696. The normalized spacial score (nSPS) is 10.8. The quantitative estimate of drug-likeness (QED) is 0.785. The maximum absolute atomic E-state index is 10.9. The Hall–Kier alpha value is -2.82. The molecule has 0 amide bonds. The van der Waals surface area contributed by atoms with Gasteiger partial charge in [0.1, 0.15) is 18.2 Å². The maximum Gasteiger partial charge on any atom is 0.335 e. The summed E-state index contributed by atoms with van der Waals surface area (Å²) in [5.74, 6) is 0.535. The van der Waals surface area contributed by atoms with Gasteiger partial charge in [0, 0.05) is 0 Å². The number of rotatable bonds is 5. The fraction of sp³-hybridized carbons (Fsp3) is 0.176. The van der Waals surface area contributed by atoms with E-state index in [2.05, 4.69) is 9.55 Å². The van der Waals surface area contributed by atoms with E-state index in [1.165, 1.54) is 6.07 Å². The Morgan fingerprint density at radius 2 is 2.05 bits per heavy atom. The number of hydrogen-bond donors (Lipinski definition) is 1. The third kappa shape index (κ3) is 2.79. The monoisotopic (exact) mass is 296 g/mol. The molecule has 0 aliphatic carbocycles. The number of carboxylic acid groups (broad SMARTS) is 1. The molecule has 3 rings (SSSR count). The summed E-state index contributed by atoms with van der Waals surface area (Å²) in [6.45, 7) is 3.07. The Labute approximate surface area is 127 Å². The molecule has 3 aromatic rings. The summed E-state index contributed by atoms with van der Waals surface area (Å²) in [6, 6.07) is 14.5. The summed E-state index contributed by atoms with van der Waals surface area (Å²) in [7, 11) is 0. The standard InChI is InChI=1S/C17H16N2O3/c1-12-18-15-7-2-3-8-16(15)19(12)9-10-22-14-6-4-5-13(11-14)17(20)21/h2-8,11H,9-10H2,1H3,(H,20,21). The number of aromatic nitrogens is 2. The molecule has 0 aliphatic rings. The first kappa shape index (κ1) is 14.1. The lowest BCUT2D eigenvalue weighted by atomic mass is 10.2. The predicted octanol–water partition coefficient (Wildman–Crippen LogP) is 3.12. The molecule has 112 valence electrons. The van der Waals surface area contributed by atoms with Crippen LogP contribution in [0.2, 0.25) is 0 Å². The second-order valence-electron chi connectivity index (χ2n) is 4.98. The molecule has 0 spiro atoms. The number of aryl methyl sites for hydroxylation is 1. The fourth-order valence-electron chi connectivity index (χ4n) is 2.45. The van der Waals surface area contributed by atoms with Gasteiger partial charge < -0.3 is 14.4 Å². The van der Waals surface area contributed by atoms with Crippen molar-refractivity contribution in [1.29, 1.82) is 0 Å². The minimum absolute atomic E-state index is 0.224. The van der Waals surface area contributed by atoms with Crippen molar-refractivity contribution in [2.45, 2.75) is 13.5 Å². The van der Waals surface area contributed by atoms with Crippen LogP contribution in [0.3, 0.4) is 0 Å². The summed E-state index contributed by atoms with van der Waals surface area (Å²) in [5.41, 5.74) is 2.26. The Kier molecular flexibility index (Phi) is 3.78. The molecular weight excluding hydrogens is 280 g/mol. The lowest BCUT2D eigenvalue weighted by Crippen LogP contribution is -2.09. The van der Waals surface area contributed by atoms with Crippen LogP contribution in [0.5, 0.6) is 5.75 Å². The van der Waals surface area contributed by atoms with Crippen LogP contribution in [0, 0.1) is 6.92 Å². The van der Waals surface area contributed by atoms with Crippen molar-refractivity contribution in [1.82, 2.24) is 9.55 Å². The molecule has 5 nitrogen and oxygen atoms in total. The zero-order valence-electron chi connectivity index (χ0n) is 12.2.